The SMILES string of the molecule is CC(=O)NC[C@H]1CN(c2ccc(N3CCNN(C(=O)Nc4nc5ccccc5s4)CC3)c(F)c2)C(=O)O1. The van der Waals surface area contributed by atoms with E-state index in [1.807, 2.05) is 29.2 Å². The van der Waals surface area contributed by atoms with E-state index >= 15 is 4.39 Å². The Balaban J connectivity index is 1.20. The number of para-hydroxylation sites is 1. The smallest absolute Gasteiger partial charge is 0.414 e. The molecule has 37 heavy (non-hydrogen) atoms. The molecule has 2 aromatic carbocycles. The van der Waals surface area contributed by atoms with Crippen LogP contribution in [0.3, 0.4) is 0 Å². The molecule has 1 atom stereocenters. The van der Waals surface area contributed by atoms with Gasteiger partial charge in [0.15, 0.2) is 5.13 Å². The van der Waals surface area contributed by atoms with E-state index < -0.39 is 18.0 Å². The second-order valence-corrected chi connectivity index (χ2v) is 9.68. The molecule has 2 fully saturated rings. The van der Waals surface area contributed by atoms with Crippen LogP contribution in [0.5, 0.6) is 0 Å². The van der Waals surface area contributed by atoms with E-state index in [2.05, 4.69) is 21.0 Å². The highest BCUT2D eigenvalue weighted by molar-refractivity contribution is 7.22. The maximum atomic E-state index is 15.1. The summed E-state index contributed by atoms with van der Waals surface area (Å²) < 4.78 is 21.4. The van der Waals surface area contributed by atoms with Gasteiger partial charge >= 0.3 is 12.1 Å². The number of urea groups is 1. The van der Waals surface area contributed by atoms with Gasteiger partial charge in [0.1, 0.15) is 11.9 Å². The average molecular weight is 528 g/mol. The number of fused-ring (bicyclic) bond motifs is 1. The summed E-state index contributed by atoms with van der Waals surface area (Å²) >= 11 is 1.40. The molecule has 3 N–H and O–H groups in total. The molecule has 13 heteroatoms. The Bertz CT molecular complexity index is 1300. The van der Waals surface area contributed by atoms with Gasteiger partial charge in [-0.1, -0.05) is 23.5 Å². The van der Waals surface area contributed by atoms with Gasteiger partial charge in [0, 0.05) is 26.6 Å². The molecule has 4 amide bonds. The first-order valence-electron chi connectivity index (χ1n) is 11.8. The first-order chi connectivity index (χ1) is 17.9. The van der Waals surface area contributed by atoms with Crippen molar-refractivity contribution in [3.8, 4) is 0 Å². The van der Waals surface area contributed by atoms with Crippen LogP contribution in [-0.4, -0.2) is 73.4 Å². The lowest BCUT2D eigenvalue weighted by Gasteiger charge is -2.24. The van der Waals surface area contributed by atoms with E-state index in [-0.39, 0.29) is 25.0 Å². The summed E-state index contributed by atoms with van der Waals surface area (Å²) in [5, 5.41) is 7.41. The van der Waals surface area contributed by atoms with E-state index in [1.54, 1.807) is 12.1 Å². The third-order valence-corrected chi connectivity index (χ3v) is 7.02. The van der Waals surface area contributed by atoms with E-state index in [9.17, 15) is 14.4 Å². The number of aromatic nitrogens is 1. The fourth-order valence-corrected chi connectivity index (χ4v) is 5.10. The molecule has 11 nitrogen and oxygen atoms in total. The minimum Gasteiger partial charge on any atom is -0.442 e. The molecule has 0 spiro atoms. The lowest BCUT2D eigenvalue weighted by molar-refractivity contribution is -0.119. The van der Waals surface area contributed by atoms with Gasteiger partial charge in [-0.3, -0.25) is 20.0 Å². The van der Waals surface area contributed by atoms with Gasteiger partial charge < -0.3 is 15.0 Å². The first kappa shape index (κ1) is 24.7. The van der Waals surface area contributed by atoms with Crippen molar-refractivity contribution in [2.45, 2.75) is 13.0 Å². The number of ether oxygens (including phenoxy) is 1. The van der Waals surface area contributed by atoms with Crippen LogP contribution >= 0.6 is 11.3 Å². The summed E-state index contributed by atoms with van der Waals surface area (Å²) in [4.78, 5) is 43.8. The molecule has 1 aromatic heterocycles. The Labute approximate surface area is 216 Å². The molecule has 5 rings (SSSR count). The average Bonchev–Trinajstić information content (AvgIpc) is 3.36. The number of carbonyl (C=O) groups excluding carboxylic acids is 3. The molecule has 0 aliphatic carbocycles. The normalized spacial score (nSPS) is 18.1. The molecular formula is C24H26FN7O4S. The quantitative estimate of drug-likeness (QED) is 0.467. The first-order valence-corrected chi connectivity index (χ1v) is 12.6. The van der Waals surface area contributed by atoms with E-state index in [4.69, 9.17) is 4.74 Å². The Hall–Kier alpha value is -3.97. The van der Waals surface area contributed by atoms with Gasteiger partial charge in [-0.25, -0.2) is 24.4 Å². The number of nitrogens with zero attached hydrogens (tertiary/aromatic N) is 4. The maximum Gasteiger partial charge on any atom is 0.414 e. The zero-order valence-corrected chi connectivity index (χ0v) is 20.9. The third kappa shape index (κ3) is 5.57. The predicted molar refractivity (Wildman–Crippen MR) is 138 cm³/mol. The van der Waals surface area contributed by atoms with Crippen molar-refractivity contribution in [3.63, 3.8) is 0 Å². The number of nitrogens with one attached hydrogen (secondary N) is 3. The standard InChI is InChI=1S/C24H26FN7O4S/c1-15(33)26-13-17-14-31(24(35)36-17)16-6-7-20(18(25)12-16)30-9-8-27-32(11-10-30)23(34)29-22-28-19-4-2-3-5-21(19)37-22/h2-7,12,17,27H,8-11,13-14H2,1H3,(H,26,33)(H,28,29,34)/t17-/m0/s1. The van der Waals surface area contributed by atoms with Gasteiger partial charge in [0.2, 0.25) is 5.91 Å². The topological polar surface area (TPSA) is 119 Å². The summed E-state index contributed by atoms with van der Waals surface area (Å²) in [6.45, 7) is 3.42. The largest absolute Gasteiger partial charge is 0.442 e. The second kappa shape index (κ2) is 10.6. The zero-order valence-electron chi connectivity index (χ0n) is 20.1. The number of halogens is 1. The Morgan fingerprint density at radius 3 is 2.84 bits per heavy atom. The highest BCUT2D eigenvalue weighted by atomic mass is 32.1. The number of hydrazine groups is 1. The molecule has 194 valence electrons. The van der Waals surface area contributed by atoms with E-state index in [0.717, 1.165) is 10.2 Å². The van der Waals surface area contributed by atoms with Crippen molar-refractivity contribution in [3.05, 3.63) is 48.3 Å². The number of cyclic esters (lactones) is 1. The van der Waals surface area contributed by atoms with Crippen molar-refractivity contribution < 1.29 is 23.5 Å². The molecule has 0 bridgehead atoms. The summed E-state index contributed by atoms with van der Waals surface area (Å²) in [5.41, 5.74) is 4.65. The molecule has 3 heterocycles. The van der Waals surface area contributed by atoms with Crippen LogP contribution in [-0.2, 0) is 9.53 Å². The van der Waals surface area contributed by atoms with Gasteiger partial charge in [-0.15, -0.1) is 0 Å². The number of amides is 4. The molecule has 0 unspecified atom stereocenters. The van der Waals surface area contributed by atoms with Crippen LogP contribution in [0.15, 0.2) is 42.5 Å². The Morgan fingerprint density at radius 1 is 1.22 bits per heavy atom. The van der Waals surface area contributed by atoms with Crippen LogP contribution in [0.1, 0.15) is 6.92 Å². The van der Waals surface area contributed by atoms with Crippen LogP contribution in [0.2, 0.25) is 0 Å². The van der Waals surface area contributed by atoms with Crippen LogP contribution in [0.4, 0.5) is 30.5 Å². The van der Waals surface area contributed by atoms with Crippen molar-refractivity contribution >= 4 is 56.1 Å². The highest BCUT2D eigenvalue weighted by Gasteiger charge is 2.33. The van der Waals surface area contributed by atoms with Gasteiger partial charge in [0.25, 0.3) is 0 Å². The van der Waals surface area contributed by atoms with Crippen LogP contribution in [0, 0.1) is 5.82 Å². The molecule has 2 aliphatic heterocycles. The molecule has 2 saturated heterocycles. The summed E-state index contributed by atoms with van der Waals surface area (Å²) in [6, 6.07) is 11.9. The molecule has 0 radical (unpaired) electrons. The number of hydrogen-bond donors (Lipinski definition) is 3. The maximum absolute atomic E-state index is 15.1. The van der Waals surface area contributed by atoms with Crippen molar-refractivity contribution in [2.24, 2.45) is 0 Å². The number of hydrogen-bond acceptors (Lipinski definition) is 8. The Morgan fingerprint density at radius 2 is 2.05 bits per heavy atom. The van der Waals surface area contributed by atoms with Crippen molar-refractivity contribution in [1.29, 1.82) is 0 Å². The third-order valence-electron chi connectivity index (χ3n) is 6.07. The molecule has 0 saturated carbocycles. The van der Waals surface area contributed by atoms with Gasteiger partial charge in [-0.05, 0) is 30.3 Å². The fourth-order valence-electron chi connectivity index (χ4n) is 4.25. The minimum atomic E-state index is -0.587. The highest BCUT2D eigenvalue weighted by Crippen LogP contribution is 2.29. The molecule has 3 aromatic rings. The number of thiazole rings is 1. The van der Waals surface area contributed by atoms with E-state index in [1.165, 1.54) is 34.2 Å². The lowest BCUT2D eigenvalue weighted by atomic mass is 10.2. The lowest BCUT2D eigenvalue weighted by Crippen LogP contribution is -2.46. The molecular weight excluding hydrogens is 501 g/mol. The number of anilines is 3. The fraction of sp³-hybridized carbons (Fsp3) is 0.333. The van der Waals surface area contributed by atoms with Crippen molar-refractivity contribution in [2.75, 3.05) is 54.4 Å². The monoisotopic (exact) mass is 527 g/mol. The van der Waals surface area contributed by atoms with Crippen LogP contribution < -0.4 is 25.9 Å². The number of carbonyl (C=O) groups is 3. The minimum absolute atomic E-state index is 0.196. The summed E-state index contributed by atoms with van der Waals surface area (Å²) in [6.07, 6.45) is -1.09. The van der Waals surface area contributed by atoms with Crippen molar-refractivity contribution in [1.82, 2.24) is 20.7 Å². The summed E-state index contributed by atoms with van der Waals surface area (Å²) in [5.74, 6) is -0.701. The van der Waals surface area contributed by atoms with Gasteiger partial charge in [-0.2, -0.15) is 0 Å². The summed E-state index contributed by atoms with van der Waals surface area (Å²) in [7, 11) is 0. The Kier molecular flexibility index (Phi) is 7.06. The van der Waals surface area contributed by atoms with E-state index in [0.29, 0.717) is 42.7 Å². The second-order valence-electron chi connectivity index (χ2n) is 8.65. The zero-order chi connectivity index (χ0) is 25.9. The molecule has 2 aliphatic rings. The number of benzene rings is 2. The predicted octanol–water partition coefficient (Wildman–Crippen LogP) is 2.76. The van der Waals surface area contributed by atoms with Gasteiger partial charge in [0.05, 0.1) is 41.2 Å². The van der Waals surface area contributed by atoms with Crippen LogP contribution in [0.25, 0.3) is 10.2 Å². The number of rotatable bonds is 5.